The Labute approximate surface area is 117 Å². The first kappa shape index (κ1) is 12.7. The third kappa shape index (κ3) is 2.13. The van der Waals surface area contributed by atoms with Crippen molar-refractivity contribution in [1.82, 2.24) is 9.38 Å². The Kier molecular flexibility index (Phi) is 3.14. The van der Waals surface area contributed by atoms with Gasteiger partial charge in [-0.2, -0.15) is 0 Å². The summed E-state index contributed by atoms with van der Waals surface area (Å²) in [5, 5.41) is 3.38. The van der Waals surface area contributed by atoms with Gasteiger partial charge >= 0.3 is 0 Å². The molecule has 0 atom stereocenters. The van der Waals surface area contributed by atoms with Gasteiger partial charge in [-0.05, 0) is 36.6 Å². The summed E-state index contributed by atoms with van der Waals surface area (Å²) < 4.78 is 15.1. The zero-order valence-electron chi connectivity index (χ0n) is 11.5. The molecular formula is C16H16FN3. The summed E-state index contributed by atoms with van der Waals surface area (Å²) in [7, 11) is 0. The minimum absolute atomic E-state index is 0.279. The molecule has 0 amide bonds. The molecule has 2 heterocycles. The van der Waals surface area contributed by atoms with E-state index in [1.54, 1.807) is 16.7 Å². The number of rotatable bonds is 3. The lowest BCUT2D eigenvalue weighted by Gasteiger charge is -2.13. The summed E-state index contributed by atoms with van der Waals surface area (Å²) in [5.41, 5.74) is 4.19. The molecule has 0 saturated heterocycles. The molecule has 4 heteroatoms. The third-order valence-corrected chi connectivity index (χ3v) is 3.46. The van der Waals surface area contributed by atoms with Gasteiger partial charge in [0.25, 0.3) is 0 Å². The topological polar surface area (TPSA) is 29.3 Å². The minimum Gasteiger partial charge on any atom is -0.340 e. The maximum absolute atomic E-state index is 13.4. The third-order valence-electron chi connectivity index (χ3n) is 3.46. The molecule has 102 valence electrons. The molecule has 20 heavy (non-hydrogen) atoms. The van der Waals surface area contributed by atoms with Crippen LogP contribution in [0.25, 0.3) is 5.65 Å². The summed E-state index contributed by atoms with van der Waals surface area (Å²) in [5.74, 6) is 0.488. The Bertz CT molecular complexity index is 762. The van der Waals surface area contributed by atoms with Crippen LogP contribution in [0.3, 0.4) is 0 Å². The molecule has 0 radical (unpaired) electrons. The first-order valence-corrected chi connectivity index (χ1v) is 6.67. The molecule has 0 spiro atoms. The Morgan fingerprint density at radius 1 is 1.25 bits per heavy atom. The largest absolute Gasteiger partial charge is 0.340 e. The van der Waals surface area contributed by atoms with E-state index in [0.29, 0.717) is 0 Å². The zero-order chi connectivity index (χ0) is 14.1. The van der Waals surface area contributed by atoms with Crippen LogP contribution in [0.4, 0.5) is 15.9 Å². The van der Waals surface area contributed by atoms with Gasteiger partial charge < -0.3 is 5.32 Å². The van der Waals surface area contributed by atoms with Crippen molar-refractivity contribution in [2.75, 3.05) is 5.32 Å². The number of para-hydroxylation sites is 1. The number of benzene rings is 1. The Morgan fingerprint density at radius 3 is 2.90 bits per heavy atom. The second-order valence-corrected chi connectivity index (χ2v) is 4.81. The van der Waals surface area contributed by atoms with Crippen LogP contribution < -0.4 is 5.32 Å². The van der Waals surface area contributed by atoms with Crippen LogP contribution in [0.2, 0.25) is 0 Å². The molecule has 0 aliphatic rings. The van der Waals surface area contributed by atoms with Gasteiger partial charge in [0.05, 0.1) is 6.20 Å². The number of pyridine rings is 1. The quantitative estimate of drug-likeness (QED) is 0.776. The average molecular weight is 269 g/mol. The van der Waals surface area contributed by atoms with E-state index in [1.165, 1.54) is 17.8 Å². The number of nitrogens with one attached hydrogen (secondary N) is 1. The summed E-state index contributed by atoms with van der Waals surface area (Å²) in [6.45, 7) is 4.18. The Balaban J connectivity index is 2.08. The van der Waals surface area contributed by atoms with Crippen LogP contribution >= 0.6 is 0 Å². The average Bonchev–Trinajstić information content (AvgIpc) is 2.83. The van der Waals surface area contributed by atoms with Gasteiger partial charge in [-0.25, -0.2) is 9.37 Å². The SMILES string of the molecule is CCc1cccc(C)c1Nc1cnc2ccc(F)cn12. The molecule has 0 aliphatic heterocycles. The summed E-state index contributed by atoms with van der Waals surface area (Å²) in [6, 6.07) is 9.29. The molecule has 0 fully saturated rings. The van der Waals surface area contributed by atoms with Gasteiger partial charge in [0.2, 0.25) is 0 Å². The maximum Gasteiger partial charge on any atom is 0.140 e. The molecule has 3 rings (SSSR count). The van der Waals surface area contributed by atoms with Crippen molar-refractivity contribution in [2.24, 2.45) is 0 Å². The second kappa shape index (κ2) is 4.96. The molecule has 0 saturated carbocycles. The van der Waals surface area contributed by atoms with Crippen molar-refractivity contribution >= 4 is 17.2 Å². The minimum atomic E-state index is -0.279. The van der Waals surface area contributed by atoms with E-state index in [9.17, 15) is 4.39 Å². The molecule has 0 aliphatic carbocycles. The van der Waals surface area contributed by atoms with Gasteiger partial charge in [0, 0.05) is 11.9 Å². The fourth-order valence-electron chi connectivity index (χ4n) is 2.38. The smallest absolute Gasteiger partial charge is 0.140 e. The number of halogens is 1. The second-order valence-electron chi connectivity index (χ2n) is 4.81. The Hall–Kier alpha value is -2.36. The number of hydrogen-bond donors (Lipinski definition) is 1. The van der Waals surface area contributed by atoms with Crippen LogP contribution in [0.1, 0.15) is 18.1 Å². The zero-order valence-corrected chi connectivity index (χ0v) is 11.5. The van der Waals surface area contributed by atoms with Crippen LogP contribution in [0.15, 0.2) is 42.7 Å². The van der Waals surface area contributed by atoms with Crippen molar-refractivity contribution in [1.29, 1.82) is 0 Å². The highest BCUT2D eigenvalue weighted by Gasteiger charge is 2.08. The number of nitrogens with zero attached hydrogens (tertiary/aromatic N) is 2. The number of aryl methyl sites for hydroxylation is 2. The van der Waals surface area contributed by atoms with Gasteiger partial charge in [-0.15, -0.1) is 0 Å². The van der Waals surface area contributed by atoms with E-state index >= 15 is 0 Å². The van der Waals surface area contributed by atoms with Crippen molar-refractivity contribution in [2.45, 2.75) is 20.3 Å². The highest BCUT2D eigenvalue weighted by Crippen LogP contribution is 2.26. The lowest BCUT2D eigenvalue weighted by molar-refractivity contribution is 0.619. The highest BCUT2D eigenvalue weighted by atomic mass is 19.1. The fourth-order valence-corrected chi connectivity index (χ4v) is 2.38. The first-order chi connectivity index (χ1) is 9.69. The Morgan fingerprint density at radius 2 is 2.10 bits per heavy atom. The van der Waals surface area contributed by atoms with Crippen molar-refractivity contribution in [3.05, 3.63) is 59.7 Å². The van der Waals surface area contributed by atoms with E-state index in [4.69, 9.17) is 0 Å². The monoisotopic (exact) mass is 269 g/mol. The van der Waals surface area contributed by atoms with E-state index < -0.39 is 0 Å². The molecule has 3 nitrogen and oxygen atoms in total. The van der Waals surface area contributed by atoms with Crippen molar-refractivity contribution in [3.8, 4) is 0 Å². The molecule has 0 unspecified atom stereocenters. The standard InChI is InChI=1S/C16H16FN3/c1-3-12-6-4-5-11(2)16(12)19-15-9-18-14-8-7-13(17)10-20(14)15/h4-10,19H,3H2,1-2H3. The summed E-state index contributed by atoms with van der Waals surface area (Å²) in [6.07, 6.45) is 4.10. The summed E-state index contributed by atoms with van der Waals surface area (Å²) >= 11 is 0. The highest BCUT2D eigenvalue weighted by molar-refractivity contribution is 5.66. The van der Waals surface area contributed by atoms with E-state index in [1.807, 2.05) is 6.07 Å². The van der Waals surface area contributed by atoms with E-state index in [2.05, 4.69) is 36.3 Å². The number of aromatic nitrogens is 2. The van der Waals surface area contributed by atoms with Crippen LogP contribution in [-0.2, 0) is 6.42 Å². The van der Waals surface area contributed by atoms with Crippen LogP contribution in [0, 0.1) is 12.7 Å². The summed E-state index contributed by atoms with van der Waals surface area (Å²) in [4.78, 5) is 4.27. The predicted octanol–water partition coefficient (Wildman–Crippen LogP) is 4.09. The molecule has 1 N–H and O–H groups in total. The van der Waals surface area contributed by atoms with E-state index in [0.717, 1.165) is 29.1 Å². The van der Waals surface area contributed by atoms with Crippen molar-refractivity contribution in [3.63, 3.8) is 0 Å². The predicted molar refractivity (Wildman–Crippen MR) is 79.0 cm³/mol. The number of anilines is 2. The molecule has 2 aromatic heterocycles. The van der Waals surface area contributed by atoms with E-state index in [-0.39, 0.29) is 5.82 Å². The first-order valence-electron chi connectivity index (χ1n) is 6.67. The maximum atomic E-state index is 13.4. The number of imidazole rings is 1. The lowest BCUT2D eigenvalue weighted by atomic mass is 10.1. The molecule has 0 bridgehead atoms. The fraction of sp³-hybridized carbons (Fsp3) is 0.188. The van der Waals surface area contributed by atoms with Gasteiger partial charge in [-0.3, -0.25) is 4.40 Å². The number of fused-ring (bicyclic) bond motifs is 1. The molecular weight excluding hydrogens is 253 g/mol. The number of hydrogen-bond acceptors (Lipinski definition) is 2. The van der Waals surface area contributed by atoms with Crippen molar-refractivity contribution < 1.29 is 4.39 Å². The molecule has 3 aromatic rings. The molecule has 1 aromatic carbocycles. The van der Waals surface area contributed by atoms with Gasteiger partial charge in [-0.1, -0.05) is 25.1 Å². The van der Waals surface area contributed by atoms with Crippen LogP contribution in [0.5, 0.6) is 0 Å². The normalized spacial score (nSPS) is 10.9. The van der Waals surface area contributed by atoms with Crippen LogP contribution in [-0.4, -0.2) is 9.38 Å². The van der Waals surface area contributed by atoms with Gasteiger partial charge in [0.1, 0.15) is 17.3 Å². The lowest BCUT2D eigenvalue weighted by Crippen LogP contribution is -2.00. The van der Waals surface area contributed by atoms with Gasteiger partial charge in [0.15, 0.2) is 0 Å².